The maximum Gasteiger partial charge on any atom is 0.472 e. The Kier molecular flexibility index (Phi) is 35.7. The number of ether oxygens (including phenoxy) is 2. The molecule has 0 aromatic rings. The number of nitrogens with zero attached hydrogens (tertiary/aromatic N) is 1. The van der Waals surface area contributed by atoms with E-state index in [0.717, 1.165) is 19.3 Å². The highest BCUT2D eigenvalue weighted by molar-refractivity contribution is 7.47. The molecule has 0 aliphatic heterocycles. The molecule has 2 atom stereocenters. The molecular weight excluding hydrogens is 661 g/mol. The van der Waals surface area contributed by atoms with Crippen molar-refractivity contribution < 1.29 is 37.3 Å². The molecule has 8 nitrogen and oxygen atoms in total. The second-order valence-corrected chi connectivity index (χ2v) is 17.2. The summed E-state index contributed by atoms with van der Waals surface area (Å²) in [5.41, 5.74) is 0. The van der Waals surface area contributed by atoms with Gasteiger partial charge in [-0.1, -0.05) is 174 Å². The Balaban J connectivity index is 4.27. The zero-order chi connectivity index (χ0) is 37.7. The van der Waals surface area contributed by atoms with Gasteiger partial charge in [-0.25, -0.2) is 4.57 Å². The van der Waals surface area contributed by atoms with Gasteiger partial charge < -0.3 is 18.9 Å². The third-order valence-electron chi connectivity index (χ3n) is 9.34. The Bertz CT molecular complexity index is 833. The van der Waals surface area contributed by atoms with Gasteiger partial charge in [0.05, 0.1) is 34.4 Å². The first-order chi connectivity index (χ1) is 24.6. The Morgan fingerprint density at radius 2 is 1.02 bits per heavy atom. The maximum absolute atomic E-state index is 12.6. The zero-order valence-electron chi connectivity index (χ0n) is 34.4. The van der Waals surface area contributed by atoms with Crippen molar-refractivity contribution in [3.63, 3.8) is 0 Å². The number of carbonyl (C=O) groups excluding carboxylic acids is 1. The van der Waals surface area contributed by atoms with Gasteiger partial charge in [-0.3, -0.25) is 13.8 Å². The van der Waals surface area contributed by atoms with Crippen molar-refractivity contribution in [1.29, 1.82) is 0 Å². The summed E-state index contributed by atoms with van der Waals surface area (Å²) in [4.78, 5) is 22.8. The fraction of sp³-hybridized carbons (Fsp3) is 0.929. The molecule has 0 saturated heterocycles. The molecule has 0 aliphatic carbocycles. The van der Waals surface area contributed by atoms with Crippen LogP contribution in [0.3, 0.4) is 0 Å². The number of phosphoric ester groups is 1. The average Bonchev–Trinajstić information content (AvgIpc) is 3.08. The van der Waals surface area contributed by atoms with Gasteiger partial charge in [0.1, 0.15) is 19.3 Å². The molecule has 1 N–H and O–H groups in total. The molecule has 9 heteroatoms. The van der Waals surface area contributed by atoms with Crippen molar-refractivity contribution in [2.24, 2.45) is 0 Å². The van der Waals surface area contributed by atoms with Crippen LogP contribution in [0.25, 0.3) is 0 Å². The lowest BCUT2D eigenvalue weighted by molar-refractivity contribution is -0.870. The number of esters is 1. The first-order valence-corrected chi connectivity index (χ1v) is 22.9. The Hall–Kier alpha value is -0.760. The monoisotopic (exact) mass is 747 g/mol. The van der Waals surface area contributed by atoms with E-state index < -0.39 is 13.9 Å². The smallest absolute Gasteiger partial charge is 0.457 e. The molecular formula is C42H85NO7P+. The first-order valence-electron chi connectivity index (χ1n) is 21.4. The van der Waals surface area contributed by atoms with Gasteiger partial charge >= 0.3 is 13.8 Å². The van der Waals surface area contributed by atoms with Crippen LogP contribution < -0.4 is 0 Å². The molecule has 0 saturated carbocycles. The van der Waals surface area contributed by atoms with Crippen LogP contribution in [0.5, 0.6) is 0 Å². The summed E-state index contributed by atoms with van der Waals surface area (Å²) in [5, 5.41) is 0. The number of quaternary nitrogens is 1. The minimum atomic E-state index is -4.27. The average molecular weight is 747 g/mol. The summed E-state index contributed by atoms with van der Waals surface area (Å²) in [6.45, 7) is 5.61. The molecule has 51 heavy (non-hydrogen) atoms. The summed E-state index contributed by atoms with van der Waals surface area (Å²) in [6.07, 6.45) is 38.2. The van der Waals surface area contributed by atoms with Gasteiger partial charge in [0.25, 0.3) is 0 Å². The summed E-state index contributed by atoms with van der Waals surface area (Å²) < 4.78 is 34.9. The predicted molar refractivity (Wildman–Crippen MR) is 215 cm³/mol. The van der Waals surface area contributed by atoms with Crippen molar-refractivity contribution in [2.75, 3.05) is 54.1 Å². The van der Waals surface area contributed by atoms with E-state index in [4.69, 9.17) is 18.5 Å². The highest BCUT2D eigenvalue weighted by Crippen LogP contribution is 2.43. The first kappa shape index (κ1) is 50.2. The fourth-order valence-electron chi connectivity index (χ4n) is 5.98. The highest BCUT2D eigenvalue weighted by atomic mass is 31.2. The number of allylic oxidation sites excluding steroid dienone is 2. The lowest BCUT2D eigenvalue weighted by Crippen LogP contribution is -2.37. The van der Waals surface area contributed by atoms with Gasteiger partial charge in [0.15, 0.2) is 0 Å². The van der Waals surface area contributed by atoms with E-state index in [1.54, 1.807) is 0 Å². The molecule has 0 aromatic heterocycles. The van der Waals surface area contributed by atoms with Crippen LogP contribution >= 0.6 is 7.82 Å². The second kappa shape index (κ2) is 36.2. The van der Waals surface area contributed by atoms with E-state index in [9.17, 15) is 14.3 Å². The zero-order valence-corrected chi connectivity index (χ0v) is 35.3. The molecule has 2 unspecified atom stereocenters. The van der Waals surface area contributed by atoms with E-state index in [1.807, 2.05) is 21.1 Å². The molecule has 304 valence electrons. The minimum absolute atomic E-state index is 0.0862. The van der Waals surface area contributed by atoms with Crippen LogP contribution in [0.1, 0.15) is 194 Å². The van der Waals surface area contributed by atoms with E-state index in [-0.39, 0.29) is 32.2 Å². The lowest BCUT2D eigenvalue weighted by atomic mass is 10.0. The Morgan fingerprint density at radius 1 is 0.588 bits per heavy atom. The molecule has 0 rings (SSSR count). The Morgan fingerprint density at radius 3 is 1.49 bits per heavy atom. The summed E-state index contributed by atoms with van der Waals surface area (Å²) in [5.74, 6) is -0.359. The van der Waals surface area contributed by atoms with E-state index in [2.05, 4.69) is 26.0 Å². The van der Waals surface area contributed by atoms with Crippen LogP contribution in [0.2, 0.25) is 0 Å². The highest BCUT2D eigenvalue weighted by Gasteiger charge is 2.26. The second-order valence-electron chi connectivity index (χ2n) is 15.7. The summed E-state index contributed by atoms with van der Waals surface area (Å²) >= 11 is 0. The normalized spacial score (nSPS) is 13.9. The molecule has 0 aliphatic rings. The van der Waals surface area contributed by atoms with Gasteiger partial charge in [-0.05, 0) is 25.7 Å². The maximum atomic E-state index is 12.6. The molecule has 0 amide bonds. The largest absolute Gasteiger partial charge is 0.472 e. The topological polar surface area (TPSA) is 91.3 Å². The van der Waals surface area contributed by atoms with Crippen LogP contribution in [0.4, 0.5) is 0 Å². The quantitative estimate of drug-likeness (QED) is 0.0219. The van der Waals surface area contributed by atoms with Crippen LogP contribution in [0.15, 0.2) is 12.2 Å². The third kappa shape index (κ3) is 40.3. The number of hydrogen-bond acceptors (Lipinski definition) is 6. The van der Waals surface area contributed by atoms with Crippen molar-refractivity contribution in [3.05, 3.63) is 12.2 Å². The summed E-state index contributed by atoms with van der Waals surface area (Å²) in [7, 11) is 1.66. The predicted octanol–water partition coefficient (Wildman–Crippen LogP) is 12.3. The van der Waals surface area contributed by atoms with Gasteiger partial charge in [-0.2, -0.15) is 0 Å². The number of likely N-dealkylation sites (N-methyl/N-ethyl adjacent to an activating group) is 1. The van der Waals surface area contributed by atoms with Crippen molar-refractivity contribution in [2.45, 2.75) is 200 Å². The van der Waals surface area contributed by atoms with E-state index in [1.165, 1.54) is 148 Å². The minimum Gasteiger partial charge on any atom is -0.457 e. The molecule has 0 bridgehead atoms. The number of phosphoric acid groups is 1. The summed E-state index contributed by atoms with van der Waals surface area (Å²) in [6, 6.07) is 0. The van der Waals surface area contributed by atoms with Crippen molar-refractivity contribution >= 4 is 13.8 Å². The molecule has 0 heterocycles. The van der Waals surface area contributed by atoms with Gasteiger partial charge in [0, 0.05) is 13.0 Å². The number of hydrogen-bond donors (Lipinski definition) is 1. The van der Waals surface area contributed by atoms with Crippen molar-refractivity contribution in [1.82, 2.24) is 0 Å². The molecule has 0 radical (unpaired) electrons. The molecule has 0 aromatic carbocycles. The van der Waals surface area contributed by atoms with Gasteiger partial charge in [-0.15, -0.1) is 0 Å². The van der Waals surface area contributed by atoms with E-state index in [0.29, 0.717) is 24.1 Å². The van der Waals surface area contributed by atoms with Crippen LogP contribution in [-0.4, -0.2) is 75.6 Å². The number of carbonyl (C=O) groups is 1. The Labute approximate surface area is 316 Å². The lowest BCUT2D eigenvalue weighted by Gasteiger charge is -2.24. The molecule has 0 spiro atoms. The van der Waals surface area contributed by atoms with Crippen LogP contribution in [-0.2, 0) is 27.9 Å². The van der Waals surface area contributed by atoms with Crippen LogP contribution in [0, 0.1) is 0 Å². The SMILES string of the molecule is CCCCCCCCCCCCCC=CCCC(=O)OC(COCCCCCCCCCCCCCCCC)COP(=O)(O)OCC[N+](C)(C)C. The number of rotatable bonds is 40. The van der Waals surface area contributed by atoms with Gasteiger partial charge in [0.2, 0.25) is 0 Å². The van der Waals surface area contributed by atoms with E-state index >= 15 is 0 Å². The van der Waals surface area contributed by atoms with Crippen molar-refractivity contribution in [3.8, 4) is 0 Å². The fourth-order valence-corrected chi connectivity index (χ4v) is 6.72. The third-order valence-corrected chi connectivity index (χ3v) is 10.3. The number of unbranched alkanes of at least 4 members (excludes halogenated alkanes) is 24. The molecule has 0 fully saturated rings. The standard InChI is InChI=1S/C42H84NO7P/c1-6-8-10-12-14-16-18-20-22-23-25-27-29-31-33-35-42(44)50-41(40-49-51(45,46)48-38-36-43(3,4)5)39-47-37-34-32-30-28-26-24-21-19-17-15-13-11-9-7-2/h29,31,41H,6-28,30,32-40H2,1-5H3/p+1.